The zero-order valence-electron chi connectivity index (χ0n) is 13.4. The summed E-state index contributed by atoms with van der Waals surface area (Å²) >= 11 is 0. The molecule has 1 fully saturated rings. The Balaban J connectivity index is 1.53. The summed E-state index contributed by atoms with van der Waals surface area (Å²) in [5.41, 5.74) is 8.42. The Bertz CT molecular complexity index is 619. The van der Waals surface area contributed by atoms with E-state index in [1.165, 1.54) is 5.56 Å². The van der Waals surface area contributed by atoms with E-state index in [2.05, 4.69) is 30.3 Å². The highest BCUT2D eigenvalue weighted by atomic mass is 16.2. The first kappa shape index (κ1) is 15.8. The molecule has 3 heteroatoms. The molecular weight excluding hydrogens is 284 g/mol. The number of hydrogen-bond acceptors (Lipinski definition) is 2. The highest BCUT2D eigenvalue weighted by Gasteiger charge is 2.27. The fourth-order valence-electron chi connectivity index (χ4n) is 3.30. The first-order chi connectivity index (χ1) is 11.2. The van der Waals surface area contributed by atoms with Gasteiger partial charge in [-0.25, -0.2) is 0 Å². The van der Waals surface area contributed by atoms with Gasteiger partial charge in [0.15, 0.2) is 0 Å². The summed E-state index contributed by atoms with van der Waals surface area (Å²) in [6.07, 6.45) is 3.22. The van der Waals surface area contributed by atoms with Gasteiger partial charge in [0.05, 0.1) is 0 Å². The summed E-state index contributed by atoms with van der Waals surface area (Å²) in [6.45, 7) is 1.63. The molecular formula is C20H24N2O. The van der Waals surface area contributed by atoms with Crippen molar-refractivity contribution in [2.75, 3.05) is 13.1 Å². The van der Waals surface area contributed by atoms with Crippen LogP contribution >= 0.6 is 0 Å². The van der Waals surface area contributed by atoms with Crippen molar-refractivity contribution in [3.8, 4) is 0 Å². The lowest BCUT2D eigenvalue weighted by Gasteiger charge is -2.33. The number of piperidine rings is 1. The van der Waals surface area contributed by atoms with Gasteiger partial charge in [-0.1, -0.05) is 60.7 Å². The minimum atomic E-state index is -0.540. The van der Waals surface area contributed by atoms with Gasteiger partial charge in [0.1, 0.15) is 6.04 Å². The number of amides is 1. The minimum absolute atomic E-state index is 0.0503. The number of rotatable bonds is 4. The Labute approximate surface area is 138 Å². The number of hydrogen-bond donors (Lipinski definition) is 1. The van der Waals surface area contributed by atoms with Crippen LogP contribution in [0.15, 0.2) is 60.7 Å². The maximum absolute atomic E-state index is 12.6. The van der Waals surface area contributed by atoms with Crippen molar-refractivity contribution in [2.45, 2.75) is 25.3 Å². The van der Waals surface area contributed by atoms with Gasteiger partial charge in [0.25, 0.3) is 0 Å². The van der Waals surface area contributed by atoms with Crippen LogP contribution < -0.4 is 5.73 Å². The summed E-state index contributed by atoms with van der Waals surface area (Å²) in [5.74, 6) is 0.712. The zero-order chi connectivity index (χ0) is 16.1. The molecule has 1 amide bonds. The third kappa shape index (κ3) is 3.99. The predicted octanol–water partition coefficient (Wildman–Crippen LogP) is 3.17. The lowest BCUT2D eigenvalue weighted by Crippen LogP contribution is -2.43. The van der Waals surface area contributed by atoms with E-state index >= 15 is 0 Å². The second kappa shape index (κ2) is 7.42. The summed E-state index contributed by atoms with van der Waals surface area (Å²) in [5, 5.41) is 0. The molecule has 0 bridgehead atoms. The molecule has 120 valence electrons. The molecule has 3 nitrogen and oxygen atoms in total. The van der Waals surface area contributed by atoms with E-state index in [4.69, 9.17) is 5.73 Å². The lowest BCUT2D eigenvalue weighted by atomic mass is 9.90. The van der Waals surface area contributed by atoms with Crippen LogP contribution in [0.2, 0.25) is 0 Å². The zero-order valence-corrected chi connectivity index (χ0v) is 13.4. The molecule has 0 aliphatic carbocycles. The van der Waals surface area contributed by atoms with Crippen LogP contribution in [-0.2, 0) is 11.2 Å². The molecule has 1 atom stereocenters. The van der Waals surface area contributed by atoms with Gasteiger partial charge in [0, 0.05) is 13.1 Å². The van der Waals surface area contributed by atoms with Crippen LogP contribution in [0.5, 0.6) is 0 Å². The molecule has 0 spiro atoms. The van der Waals surface area contributed by atoms with Gasteiger partial charge in [0.2, 0.25) is 5.91 Å². The maximum atomic E-state index is 12.6. The molecule has 0 radical (unpaired) electrons. The molecule has 1 aliphatic rings. The van der Waals surface area contributed by atoms with Gasteiger partial charge in [-0.2, -0.15) is 0 Å². The molecule has 0 saturated carbocycles. The van der Waals surface area contributed by atoms with Gasteiger partial charge in [-0.15, -0.1) is 0 Å². The third-order valence-corrected chi connectivity index (χ3v) is 4.72. The van der Waals surface area contributed by atoms with Crippen molar-refractivity contribution in [1.82, 2.24) is 4.90 Å². The highest BCUT2D eigenvalue weighted by Crippen LogP contribution is 2.23. The molecule has 1 heterocycles. The number of benzene rings is 2. The van der Waals surface area contributed by atoms with Gasteiger partial charge in [-0.3, -0.25) is 4.79 Å². The van der Waals surface area contributed by atoms with Crippen molar-refractivity contribution >= 4 is 5.91 Å². The minimum Gasteiger partial charge on any atom is -0.341 e. The van der Waals surface area contributed by atoms with Crippen LogP contribution in [0, 0.1) is 5.92 Å². The van der Waals surface area contributed by atoms with Gasteiger partial charge >= 0.3 is 0 Å². The first-order valence-electron chi connectivity index (χ1n) is 8.37. The molecule has 3 rings (SSSR count). The fraction of sp³-hybridized carbons (Fsp3) is 0.350. The molecule has 2 aromatic carbocycles. The van der Waals surface area contributed by atoms with Crippen LogP contribution in [0.1, 0.15) is 30.0 Å². The molecule has 0 aromatic heterocycles. The van der Waals surface area contributed by atoms with E-state index in [9.17, 15) is 4.79 Å². The smallest absolute Gasteiger partial charge is 0.244 e. The monoisotopic (exact) mass is 308 g/mol. The quantitative estimate of drug-likeness (QED) is 0.943. The molecule has 2 aromatic rings. The van der Waals surface area contributed by atoms with Gasteiger partial charge in [-0.05, 0) is 36.3 Å². The van der Waals surface area contributed by atoms with Crippen molar-refractivity contribution in [3.05, 3.63) is 71.8 Å². The Kier molecular flexibility index (Phi) is 5.09. The summed E-state index contributed by atoms with van der Waals surface area (Å²) < 4.78 is 0. The Morgan fingerprint density at radius 1 is 1.00 bits per heavy atom. The second-order valence-corrected chi connectivity index (χ2v) is 6.35. The summed E-state index contributed by atoms with van der Waals surface area (Å²) in [7, 11) is 0. The van der Waals surface area contributed by atoms with E-state index in [1.807, 2.05) is 35.2 Å². The number of nitrogens with two attached hydrogens (primary N) is 1. The average Bonchev–Trinajstić information content (AvgIpc) is 2.63. The molecule has 1 saturated heterocycles. The maximum Gasteiger partial charge on any atom is 0.244 e. The number of nitrogens with zero attached hydrogens (tertiary/aromatic N) is 1. The Morgan fingerprint density at radius 2 is 1.57 bits per heavy atom. The van der Waals surface area contributed by atoms with Crippen molar-refractivity contribution in [2.24, 2.45) is 11.7 Å². The van der Waals surface area contributed by atoms with Crippen LogP contribution in [-0.4, -0.2) is 23.9 Å². The second-order valence-electron chi connectivity index (χ2n) is 6.35. The number of carbonyl (C=O) groups is 1. The number of carbonyl (C=O) groups excluding carboxylic acids is 1. The third-order valence-electron chi connectivity index (χ3n) is 4.72. The topological polar surface area (TPSA) is 46.3 Å². The summed E-state index contributed by atoms with van der Waals surface area (Å²) in [6, 6.07) is 19.7. The predicted molar refractivity (Wildman–Crippen MR) is 92.8 cm³/mol. The largest absolute Gasteiger partial charge is 0.341 e. The number of likely N-dealkylation sites (tertiary alicyclic amines) is 1. The van der Waals surface area contributed by atoms with Gasteiger partial charge < -0.3 is 10.6 Å². The van der Waals surface area contributed by atoms with E-state index in [-0.39, 0.29) is 5.91 Å². The van der Waals surface area contributed by atoms with E-state index in [1.54, 1.807) is 0 Å². The molecule has 0 unspecified atom stereocenters. The standard InChI is InChI=1S/C20H24N2O/c21-19(18-9-5-2-6-10-18)20(23)22-13-11-17(12-14-22)15-16-7-3-1-4-8-16/h1-10,17,19H,11-15,21H2/t19-/m0/s1. The highest BCUT2D eigenvalue weighted by molar-refractivity contribution is 5.83. The summed E-state index contributed by atoms with van der Waals surface area (Å²) in [4.78, 5) is 14.5. The van der Waals surface area contributed by atoms with Crippen LogP contribution in [0.4, 0.5) is 0 Å². The van der Waals surface area contributed by atoms with E-state index < -0.39 is 6.04 Å². The van der Waals surface area contributed by atoms with Crippen LogP contribution in [0.25, 0.3) is 0 Å². The first-order valence-corrected chi connectivity index (χ1v) is 8.37. The Hall–Kier alpha value is -2.13. The normalized spacial score (nSPS) is 17.0. The van der Waals surface area contributed by atoms with Crippen LogP contribution in [0.3, 0.4) is 0 Å². The molecule has 2 N–H and O–H groups in total. The van der Waals surface area contributed by atoms with Crippen molar-refractivity contribution < 1.29 is 4.79 Å². The van der Waals surface area contributed by atoms with E-state index in [0.717, 1.165) is 37.9 Å². The molecule has 1 aliphatic heterocycles. The average molecular weight is 308 g/mol. The fourth-order valence-corrected chi connectivity index (χ4v) is 3.30. The van der Waals surface area contributed by atoms with E-state index in [0.29, 0.717) is 5.92 Å². The van der Waals surface area contributed by atoms with Crippen molar-refractivity contribution in [3.63, 3.8) is 0 Å². The molecule has 23 heavy (non-hydrogen) atoms. The SMILES string of the molecule is N[C@H](C(=O)N1CCC(Cc2ccccc2)CC1)c1ccccc1. The Morgan fingerprint density at radius 3 is 2.17 bits per heavy atom. The van der Waals surface area contributed by atoms with Crippen molar-refractivity contribution in [1.29, 1.82) is 0 Å². The lowest BCUT2D eigenvalue weighted by molar-refractivity contribution is -0.134.